The maximum absolute atomic E-state index is 10.9. The molecular formula is C22H26N2O4. The first-order valence-electron chi connectivity index (χ1n) is 9.00. The van der Waals surface area contributed by atoms with E-state index in [1.807, 2.05) is 54.6 Å². The van der Waals surface area contributed by atoms with Gasteiger partial charge in [-0.1, -0.05) is 30.3 Å². The molecule has 3 N–H and O–H groups in total. The first kappa shape index (κ1) is 21.3. The fraction of sp³-hybridized carbons (Fsp3) is 0.273. The number of nitrogens with one attached hydrogen (secondary N) is 1. The van der Waals surface area contributed by atoms with Gasteiger partial charge in [-0.2, -0.15) is 0 Å². The Labute approximate surface area is 164 Å². The number of nitrogens with zero attached hydrogens (tertiary/aromatic N) is 1. The molecule has 2 aromatic carbocycles. The largest absolute Gasteiger partial charge is 0.497 e. The minimum atomic E-state index is -0.808. The first-order valence-corrected chi connectivity index (χ1v) is 9.00. The van der Waals surface area contributed by atoms with Gasteiger partial charge in [0.2, 0.25) is 0 Å². The molecule has 1 aromatic heterocycles. The maximum Gasteiger partial charge on any atom is 0.310 e. The second kappa shape index (κ2) is 10.4. The molecule has 0 saturated heterocycles. The molecule has 0 amide bonds. The zero-order chi connectivity index (χ0) is 20.5. The molecule has 2 atom stereocenters. The lowest BCUT2D eigenvalue weighted by Crippen LogP contribution is -2.17. The summed E-state index contributed by atoms with van der Waals surface area (Å²) in [6, 6.07) is 16.9. The SMILES string of the molecule is CNC[C@@H](O)c1ccccn1.COc1ccc2cc([C@H](C)C(=O)O)ccc2c1. The minimum absolute atomic E-state index is 0.485. The highest BCUT2D eigenvalue weighted by Gasteiger charge is 2.13. The number of likely N-dealkylation sites (N-methyl/N-ethyl adjacent to an activating group) is 1. The summed E-state index contributed by atoms with van der Waals surface area (Å²) in [6.45, 7) is 2.23. The Hall–Kier alpha value is -2.96. The predicted molar refractivity (Wildman–Crippen MR) is 110 cm³/mol. The molecule has 6 nitrogen and oxygen atoms in total. The van der Waals surface area contributed by atoms with Gasteiger partial charge >= 0.3 is 5.97 Å². The van der Waals surface area contributed by atoms with Crippen molar-refractivity contribution in [2.75, 3.05) is 20.7 Å². The van der Waals surface area contributed by atoms with Gasteiger partial charge in [-0.25, -0.2) is 0 Å². The van der Waals surface area contributed by atoms with E-state index in [-0.39, 0.29) is 0 Å². The van der Waals surface area contributed by atoms with Crippen LogP contribution in [0.25, 0.3) is 10.8 Å². The number of methoxy groups -OCH3 is 1. The molecule has 6 heteroatoms. The van der Waals surface area contributed by atoms with Gasteiger partial charge in [0.1, 0.15) is 11.9 Å². The number of pyridine rings is 1. The summed E-state index contributed by atoms with van der Waals surface area (Å²) >= 11 is 0. The number of aliphatic hydroxyl groups excluding tert-OH is 1. The topological polar surface area (TPSA) is 91.7 Å². The molecule has 28 heavy (non-hydrogen) atoms. The van der Waals surface area contributed by atoms with Gasteiger partial charge in [-0.05, 0) is 54.6 Å². The third kappa shape index (κ3) is 5.77. The van der Waals surface area contributed by atoms with E-state index in [0.717, 1.165) is 22.1 Å². The average Bonchev–Trinajstić information content (AvgIpc) is 2.73. The quantitative estimate of drug-likeness (QED) is 0.605. The zero-order valence-corrected chi connectivity index (χ0v) is 16.3. The molecule has 0 aliphatic rings. The van der Waals surface area contributed by atoms with E-state index in [1.54, 1.807) is 27.3 Å². The Bertz CT molecular complexity index is 899. The van der Waals surface area contributed by atoms with Crippen molar-refractivity contribution in [3.63, 3.8) is 0 Å². The highest BCUT2D eigenvalue weighted by Crippen LogP contribution is 2.25. The zero-order valence-electron chi connectivity index (χ0n) is 16.3. The van der Waals surface area contributed by atoms with Gasteiger partial charge in [-0.15, -0.1) is 0 Å². The summed E-state index contributed by atoms with van der Waals surface area (Å²) < 4.78 is 5.14. The van der Waals surface area contributed by atoms with E-state index >= 15 is 0 Å². The fourth-order valence-corrected chi connectivity index (χ4v) is 2.65. The number of carboxylic acid groups (broad SMARTS) is 1. The van der Waals surface area contributed by atoms with Crippen molar-refractivity contribution in [1.29, 1.82) is 0 Å². The fourth-order valence-electron chi connectivity index (χ4n) is 2.65. The van der Waals surface area contributed by atoms with E-state index < -0.39 is 18.0 Å². The van der Waals surface area contributed by atoms with Gasteiger partial charge in [-0.3, -0.25) is 9.78 Å². The molecule has 0 aliphatic heterocycles. The minimum Gasteiger partial charge on any atom is -0.497 e. The lowest BCUT2D eigenvalue weighted by molar-refractivity contribution is -0.138. The first-order chi connectivity index (χ1) is 13.5. The number of fused-ring (bicyclic) bond motifs is 1. The molecule has 0 bridgehead atoms. The van der Waals surface area contributed by atoms with Crippen LogP contribution >= 0.6 is 0 Å². The molecule has 3 aromatic rings. The van der Waals surface area contributed by atoms with Gasteiger partial charge < -0.3 is 20.3 Å². The number of hydrogen-bond acceptors (Lipinski definition) is 5. The van der Waals surface area contributed by atoms with Crippen molar-refractivity contribution < 1.29 is 19.7 Å². The number of rotatable bonds is 6. The van der Waals surface area contributed by atoms with E-state index in [2.05, 4.69) is 10.3 Å². The molecule has 0 aliphatic carbocycles. The van der Waals surface area contributed by atoms with Crippen molar-refractivity contribution >= 4 is 16.7 Å². The third-order valence-electron chi connectivity index (χ3n) is 4.37. The van der Waals surface area contributed by atoms with Crippen molar-refractivity contribution in [1.82, 2.24) is 10.3 Å². The Kier molecular flexibility index (Phi) is 7.92. The number of benzene rings is 2. The van der Waals surface area contributed by atoms with Gasteiger partial charge in [0.15, 0.2) is 0 Å². The number of aliphatic hydroxyl groups is 1. The number of hydrogen-bond donors (Lipinski definition) is 3. The van der Waals surface area contributed by atoms with Crippen LogP contribution in [0.15, 0.2) is 60.8 Å². The number of ether oxygens (including phenoxy) is 1. The summed E-state index contributed by atoms with van der Waals surface area (Å²) in [5, 5.41) is 23.3. The smallest absolute Gasteiger partial charge is 0.310 e. The second-order valence-electron chi connectivity index (χ2n) is 6.36. The summed E-state index contributed by atoms with van der Waals surface area (Å²) in [7, 11) is 3.42. The monoisotopic (exact) mass is 382 g/mol. The molecule has 0 radical (unpaired) electrons. The normalized spacial score (nSPS) is 12.6. The van der Waals surface area contributed by atoms with Crippen LogP contribution in [0, 0.1) is 0 Å². The Morgan fingerprint density at radius 1 is 1.14 bits per heavy atom. The molecule has 3 rings (SSSR count). The highest BCUT2D eigenvalue weighted by molar-refractivity contribution is 5.86. The predicted octanol–water partition coefficient (Wildman–Crippen LogP) is 3.37. The molecule has 148 valence electrons. The van der Waals surface area contributed by atoms with Crippen LogP contribution in [0.1, 0.15) is 30.2 Å². The standard InChI is InChI=1S/C14H14O3.C8H12N2O/c1-9(14(15)16)10-3-4-12-8-13(17-2)6-5-11(12)7-10;1-9-6-8(11)7-4-2-3-5-10-7/h3-9H,1-2H3,(H,15,16);2-5,8-9,11H,6H2,1H3/t9-;8-/m01/s1. The Balaban J connectivity index is 0.000000221. The van der Waals surface area contributed by atoms with Gasteiger partial charge in [0.05, 0.1) is 18.7 Å². The van der Waals surface area contributed by atoms with Crippen LogP contribution in [0.5, 0.6) is 5.75 Å². The van der Waals surface area contributed by atoms with E-state index in [1.165, 1.54) is 0 Å². The van der Waals surface area contributed by atoms with E-state index in [0.29, 0.717) is 12.2 Å². The van der Waals surface area contributed by atoms with Crippen LogP contribution < -0.4 is 10.1 Å². The lowest BCUT2D eigenvalue weighted by Gasteiger charge is -2.08. The Morgan fingerprint density at radius 2 is 1.86 bits per heavy atom. The number of carbonyl (C=O) groups is 1. The van der Waals surface area contributed by atoms with Crippen LogP contribution in [0.3, 0.4) is 0 Å². The number of aromatic nitrogens is 1. The highest BCUT2D eigenvalue weighted by atomic mass is 16.5. The van der Waals surface area contributed by atoms with Crippen molar-refractivity contribution in [3.05, 3.63) is 72.1 Å². The second-order valence-corrected chi connectivity index (χ2v) is 6.36. The van der Waals surface area contributed by atoms with Crippen LogP contribution in [0.2, 0.25) is 0 Å². The number of carboxylic acids is 1. The Morgan fingerprint density at radius 3 is 2.46 bits per heavy atom. The van der Waals surface area contributed by atoms with Crippen molar-refractivity contribution in [2.24, 2.45) is 0 Å². The molecular weight excluding hydrogens is 356 g/mol. The maximum atomic E-state index is 10.9. The number of aliphatic carboxylic acids is 1. The van der Waals surface area contributed by atoms with E-state index in [9.17, 15) is 9.90 Å². The van der Waals surface area contributed by atoms with Gasteiger partial charge in [0.25, 0.3) is 0 Å². The summed E-state index contributed by atoms with van der Waals surface area (Å²) in [5.74, 6) is -0.490. The summed E-state index contributed by atoms with van der Waals surface area (Å²) in [4.78, 5) is 14.9. The molecule has 0 saturated carbocycles. The van der Waals surface area contributed by atoms with Gasteiger partial charge in [0, 0.05) is 12.7 Å². The molecule has 0 unspecified atom stereocenters. The van der Waals surface area contributed by atoms with Crippen LogP contribution in [-0.4, -0.2) is 41.9 Å². The lowest BCUT2D eigenvalue weighted by atomic mass is 9.98. The molecule has 0 spiro atoms. The van der Waals surface area contributed by atoms with Crippen LogP contribution in [0.4, 0.5) is 0 Å². The summed E-state index contributed by atoms with van der Waals surface area (Å²) in [6.07, 6.45) is 1.18. The van der Waals surface area contributed by atoms with Crippen LogP contribution in [-0.2, 0) is 4.79 Å². The van der Waals surface area contributed by atoms with Crippen molar-refractivity contribution in [2.45, 2.75) is 18.9 Å². The average molecular weight is 382 g/mol. The molecule has 1 heterocycles. The molecule has 0 fully saturated rings. The summed E-state index contributed by atoms with van der Waals surface area (Å²) in [5.41, 5.74) is 1.53. The van der Waals surface area contributed by atoms with E-state index in [4.69, 9.17) is 9.84 Å². The van der Waals surface area contributed by atoms with Crippen molar-refractivity contribution in [3.8, 4) is 5.75 Å². The third-order valence-corrected chi connectivity index (χ3v) is 4.37.